The van der Waals surface area contributed by atoms with Gasteiger partial charge in [0.2, 0.25) is 0 Å². The van der Waals surface area contributed by atoms with E-state index in [1.54, 1.807) is 6.08 Å². The van der Waals surface area contributed by atoms with Crippen molar-refractivity contribution in [2.24, 2.45) is 0 Å². The molecule has 0 bridgehead atoms. The third-order valence-electron chi connectivity index (χ3n) is 1.64. The summed E-state index contributed by atoms with van der Waals surface area (Å²) in [5.41, 5.74) is 2.26. The molecule has 0 aliphatic heterocycles. The lowest BCUT2D eigenvalue weighted by molar-refractivity contribution is 0.908. The fourth-order valence-corrected chi connectivity index (χ4v) is 1.12. The average molecular weight is 117 g/mol. The lowest BCUT2D eigenvalue weighted by Crippen LogP contribution is -1.72. The Morgan fingerprint density at radius 2 is 2.22 bits per heavy atom. The third kappa shape index (κ3) is 1.05. The molecule has 1 aliphatic carbocycles. The highest BCUT2D eigenvalue weighted by Gasteiger charge is 2.08. The highest BCUT2D eigenvalue weighted by Crippen LogP contribution is 2.25. The Balaban J connectivity index is 2.85. The molecule has 0 heterocycles. The van der Waals surface area contributed by atoms with Crippen LogP contribution in [0, 0.1) is 18.9 Å². The van der Waals surface area contributed by atoms with Gasteiger partial charge in [0.25, 0.3) is 0 Å². The Labute approximate surface area is 56.3 Å². The molecule has 0 fully saturated rings. The van der Waals surface area contributed by atoms with E-state index >= 15 is 0 Å². The summed E-state index contributed by atoms with van der Waals surface area (Å²) in [7, 11) is 0. The maximum atomic E-state index is 5.32. The van der Waals surface area contributed by atoms with Crippen LogP contribution in [0.5, 0.6) is 0 Å². The van der Waals surface area contributed by atoms with E-state index in [0.717, 1.165) is 24.0 Å². The van der Waals surface area contributed by atoms with Crippen molar-refractivity contribution < 1.29 is 0 Å². The number of hydrogen-bond acceptors (Lipinski definition) is 0. The predicted octanol–water partition coefficient (Wildman–Crippen LogP) is 2.09. The summed E-state index contributed by atoms with van der Waals surface area (Å²) in [6, 6.07) is 0. The smallest absolute Gasteiger partial charge is 0.00497 e. The van der Waals surface area contributed by atoms with Crippen molar-refractivity contribution in [2.75, 3.05) is 0 Å². The topological polar surface area (TPSA) is 0 Å². The summed E-state index contributed by atoms with van der Waals surface area (Å²) < 4.78 is 0. The molecule has 0 aromatic carbocycles. The van der Waals surface area contributed by atoms with Crippen LogP contribution in [0.15, 0.2) is 17.2 Å². The average Bonchev–Trinajstić information content (AvgIpc) is 2.33. The van der Waals surface area contributed by atoms with Crippen LogP contribution in [0.3, 0.4) is 0 Å². The van der Waals surface area contributed by atoms with E-state index in [4.69, 9.17) is 13.0 Å². The van der Waals surface area contributed by atoms with E-state index in [1.165, 1.54) is 6.42 Å². The number of rotatable bonds is 1. The van der Waals surface area contributed by atoms with Crippen molar-refractivity contribution in [2.45, 2.75) is 19.3 Å². The van der Waals surface area contributed by atoms with Crippen molar-refractivity contribution in [3.8, 4) is 12.3 Å². The Kier molecular flexibility index (Phi) is 1.75. The summed E-state index contributed by atoms with van der Waals surface area (Å²) in [6.45, 7) is 5.32. The minimum absolute atomic E-state index is 1.04. The molecule has 1 rings (SSSR count). The molecule has 0 N–H and O–H groups in total. The molecule has 1 radical (unpaired) electrons. The van der Waals surface area contributed by atoms with Gasteiger partial charge in [-0.05, 0) is 24.8 Å². The first kappa shape index (κ1) is 6.16. The molecule has 0 spiro atoms. The molecule has 0 atom stereocenters. The molecule has 0 saturated heterocycles. The first-order valence-electron chi connectivity index (χ1n) is 3.12. The lowest BCUT2D eigenvalue weighted by atomic mass is 10.2. The zero-order valence-electron chi connectivity index (χ0n) is 5.35. The van der Waals surface area contributed by atoms with E-state index < -0.39 is 0 Å². The van der Waals surface area contributed by atoms with Crippen molar-refractivity contribution >= 4 is 0 Å². The van der Waals surface area contributed by atoms with Gasteiger partial charge in [-0.25, -0.2) is 0 Å². The Morgan fingerprint density at radius 3 is 2.67 bits per heavy atom. The van der Waals surface area contributed by atoms with Gasteiger partial charge in [0.1, 0.15) is 0 Å². The standard InChI is InChI=1S/C9H9/c1-3-8-6-5-7-9(8)4-2/h1-3H,5-7H2. The molecular formula is C9H9. The van der Waals surface area contributed by atoms with Crippen molar-refractivity contribution in [3.63, 3.8) is 0 Å². The van der Waals surface area contributed by atoms with Crippen molar-refractivity contribution in [3.05, 3.63) is 23.8 Å². The molecule has 45 valence electrons. The van der Waals surface area contributed by atoms with E-state index in [-0.39, 0.29) is 0 Å². The minimum Gasteiger partial charge on any atom is -0.115 e. The maximum Gasteiger partial charge on any atom is 0.00497 e. The van der Waals surface area contributed by atoms with Crippen LogP contribution in [0.1, 0.15) is 19.3 Å². The number of terminal acetylenes is 1. The summed E-state index contributed by atoms with van der Waals surface area (Å²) in [5.74, 6) is 2.63. The predicted molar refractivity (Wildman–Crippen MR) is 38.6 cm³/mol. The Bertz CT molecular complexity index is 189. The second-order valence-electron chi connectivity index (χ2n) is 2.17. The molecule has 9 heavy (non-hydrogen) atoms. The summed E-state index contributed by atoms with van der Waals surface area (Å²) in [4.78, 5) is 0. The van der Waals surface area contributed by atoms with Crippen LogP contribution < -0.4 is 0 Å². The zero-order valence-corrected chi connectivity index (χ0v) is 5.35. The quantitative estimate of drug-likeness (QED) is 0.461. The first-order valence-corrected chi connectivity index (χ1v) is 3.12. The summed E-state index contributed by atoms with van der Waals surface area (Å²) in [6.07, 6.45) is 10.1. The molecule has 0 heteroatoms. The van der Waals surface area contributed by atoms with Crippen LogP contribution >= 0.6 is 0 Å². The van der Waals surface area contributed by atoms with Gasteiger partial charge < -0.3 is 0 Å². The number of allylic oxidation sites excluding steroid dienone is 3. The van der Waals surface area contributed by atoms with Crippen LogP contribution in [0.2, 0.25) is 0 Å². The summed E-state index contributed by atoms with van der Waals surface area (Å²) in [5, 5.41) is 0. The monoisotopic (exact) mass is 117 g/mol. The van der Waals surface area contributed by atoms with Gasteiger partial charge in [0, 0.05) is 5.57 Å². The fourth-order valence-electron chi connectivity index (χ4n) is 1.12. The second-order valence-corrected chi connectivity index (χ2v) is 2.17. The van der Waals surface area contributed by atoms with Crippen molar-refractivity contribution in [1.29, 1.82) is 0 Å². The molecule has 1 aliphatic rings. The largest absolute Gasteiger partial charge is 0.115 e. The van der Waals surface area contributed by atoms with Crippen LogP contribution in [-0.2, 0) is 0 Å². The SMILES string of the molecule is [CH]=CC1=C(C#C)CCC1. The molecular weight excluding hydrogens is 108 g/mol. The number of hydrogen-bond donors (Lipinski definition) is 0. The second kappa shape index (κ2) is 2.55. The third-order valence-corrected chi connectivity index (χ3v) is 1.64. The molecule has 0 aromatic heterocycles. The molecule has 0 unspecified atom stereocenters. The van der Waals surface area contributed by atoms with Gasteiger partial charge in [-0.2, -0.15) is 0 Å². The first-order chi connectivity index (χ1) is 4.38. The van der Waals surface area contributed by atoms with E-state index in [0.29, 0.717) is 0 Å². The zero-order chi connectivity index (χ0) is 6.69. The minimum atomic E-state index is 1.04. The van der Waals surface area contributed by atoms with Crippen LogP contribution in [0.4, 0.5) is 0 Å². The normalized spacial score (nSPS) is 17.7. The van der Waals surface area contributed by atoms with Crippen LogP contribution in [0.25, 0.3) is 0 Å². The fraction of sp³-hybridized carbons (Fsp3) is 0.333. The molecule has 0 amide bonds. The van der Waals surface area contributed by atoms with E-state index in [1.807, 2.05) is 0 Å². The Hall–Kier alpha value is -0.960. The maximum absolute atomic E-state index is 5.32. The van der Waals surface area contributed by atoms with E-state index in [9.17, 15) is 0 Å². The summed E-state index contributed by atoms with van der Waals surface area (Å²) >= 11 is 0. The van der Waals surface area contributed by atoms with Gasteiger partial charge in [0.15, 0.2) is 0 Å². The van der Waals surface area contributed by atoms with Gasteiger partial charge in [-0.15, -0.1) is 6.42 Å². The molecule has 0 saturated carbocycles. The van der Waals surface area contributed by atoms with Gasteiger partial charge >= 0.3 is 0 Å². The lowest BCUT2D eigenvalue weighted by Gasteiger charge is -1.89. The molecule has 0 aromatic rings. The van der Waals surface area contributed by atoms with Gasteiger partial charge in [-0.3, -0.25) is 0 Å². The van der Waals surface area contributed by atoms with Gasteiger partial charge in [0.05, 0.1) is 0 Å². The highest BCUT2D eigenvalue weighted by molar-refractivity contribution is 5.39. The van der Waals surface area contributed by atoms with E-state index in [2.05, 4.69) is 5.92 Å². The van der Waals surface area contributed by atoms with Crippen LogP contribution in [-0.4, -0.2) is 0 Å². The van der Waals surface area contributed by atoms with Crippen molar-refractivity contribution in [1.82, 2.24) is 0 Å². The Morgan fingerprint density at radius 1 is 1.44 bits per heavy atom. The van der Waals surface area contributed by atoms with Gasteiger partial charge in [-0.1, -0.05) is 18.6 Å². The highest BCUT2D eigenvalue weighted by atomic mass is 14.1. The molecule has 0 nitrogen and oxygen atoms in total.